The van der Waals surface area contributed by atoms with E-state index in [4.69, 9.17) is 21.1 Å². The minimum Gasteiger partial charge on any atom is -0.493 e. The topological polar surface area (TPSA) is 69.2 Å². The number of hydrogen-bond donors (Lipinski definition) is 1. The summed E-state index contributed by atoms with van der Waals surface area (Å²) in [5, 5.41) is 16.0. The van der Waals surface area contributed by atoms with Crippen molar-refractivity contribution in [2.45, 2.75) is 6.42 Å². The number of aromatic nitrogens is 3. The van der Waals surface area contributed by atoms with Crippen LogP contribution in [-0.2, 0) is 0 Å². The largest absolute Gasteiger partial charge is 0.493 e. The fourth-order valence-electron chi connectivity index (χ4n) is 2.25. The standard InChI is InChI=1S/C17H17ClN4O2/c1-23-15-10-13-14(11-16(15)24-9-5-8-18)20-22-21-17(13)19-12-6-3-2-4-7-12/h2-4,6-7,10-11H,5,8-9H2,1H3,(H,19,20,21). The highest BCUT2D eigenvalue weighted by atomic mass is 35.5. The lowest BCUT2D eigenvalue weighted by molar-refractivity contribution is 0.295. The molecular formula is C17H17ClN4O2. The third kappa shape index (κ3) is 3.65. The van der Waals surface area contributed by atoms with Gasteiger partial charge in [0.05, 0.1) is 19.1 Å². The van der Waals surface area contributed by atoms with E-state index in [-0.39, 0.29) is 0 Å². The van der Waals surface area contributed by atoms with E-state index >= 15 is 0 Å². The predicted molar refractivity (Wildman–Crippen MR) is 94.4 cm³/mol. The molecule has 124 valence electrons. The van der Waals surface area contributed by atoms with Crippen molar-refractivity contribution in [1.29, 1.82) is 0 Å². The van der Waals surface area contributed by atoms with E-state index in [1.807, 2.05) is 36.4 Å². The molecule has 0 aliphatic carbocycles. The minimum atomic E-state index is 0.513. The number of benzene rings is 2. The monoisotopic (exact) mass is 344 g/mol. The van der Waals surface area contributed by atoms with Gasteiger partial charge in [-0.25, -0.2) is 0 Å². The van der Waals surface area contributed by atoms with Gasteiger partial charge in [-0.3, -0.25) is 0 Å². The van der Waals surface area contributed by atoms with Gasteiger partial charge < -0.3 is 14.8 Å². The van der Waals surface area contributed by atoms with E-state index in [9.17, 15) is 0 Å². The number of alkyl halides is 1. The highest BCUT2D eigenvalue weighted by Crippen LogP contribution is 2.34. The molecular weight excluding hydrogens is 328 g/mol. The summed E-state index contributed by atoms with van der Waals surface area (Å²) in [6.07, 6.45) is 0.756. The number of methoxy groups -OCH3 is 1. The number of para-hydroxylation sites is 1. The molecule has 1 N–H and O–H groups in total. The summed E-state index contributed by atoms with van der Waals surface area (Å²) in [6, 6.07) is 13.4. The Hall–Kier alpha value is -2.60. The number of rotatable bonds is 7. The molecule has 0 bridgehead atoms. The van der Waals surface area contributed by atoms with Crippen LogP contribution in [0.2, 0.25) is 0 Å². The van der Waals surface area contributed by atoms with E-state index in [1.165, 1.54) is 0 Å². The molecule has 6 nitrogen and oxygen atoms in total. The quantitative estimate of drug-likeness (QED) is 0.519. The molecule has 1 aromatic heterocycles. The fraction of sp³-hybridized carbons (Fsp3) is 0.235. The van der Waals surface area contributed by atoms with E-state index in [1.54, 1.807) is 13.2 Å². The summed E-state index contributed by atoms with van der Waals surface area (Å²) >= 11 is 5.68. The Kier molecular flexibility index (Phi) is 5.28. The lowest BCUT2D eigenvalue weighted by atomic mass is 10.2. The maximum absolute atomic E-state index is 5.72. The molecule has 0 spiro atoms. The highest BCUT2D eigenvalue weighted by Gasteiger charge is 2.12. The van der Waals surface area contributed by atoms with Crippen molar-refractivity contribution in [3.63, 3.8) is 0 Å². The van der Waals surface area contributed by atoms with Gasteiger partial charge in [-0.05, 0) is 29.8 Å². The average Bonchev–Trinajstić information content (AvgIpc) is 2.62. The van der Waals surface area contributed by atoms with Crippen LogP contribution in [0, 0.1) is 0 Å². The van der Waals surface area contributed by atoms with E-state index in [2.05, 4.69) is 20.7 Å². The second-order valence-corrected chi connectivity index (χ2v) is 5.42. The molecule has 0 unspecified atom stereocenters. The molecule has 0 saturated heterocycles. The first-order chi connectivity index (χ1) is 11.8. The van der Waals surface area contributed by atoms with Gasteiger partial charge in [0.15, 0.2) is 17.3 Å². The van der Waals surface area contributed by atoms with Crippen molar-refractivity contribution in [2.75, 3.05) is 24.9 Å². The summed E-state index contributed by atoms with van der Waals surface area (Å²) in [7, 11) is 1.60. The van der Waals surface area contributed by atoms with Gasteiger partial charge in [0.2, 0.25) is 0 Å². The molecule has 0 aliphatic heterocycles. The second kappa shape index (κ2) is 7.79. The third-order valence-corrected chi connectivity index (χ3v) is 3.67. The molecule has 2 aromatic carbocycles. The van der Waals surface area contributed by atoms with Crippen LogP contribution >= 0.6 is 11.6 Å². The van der Waals surface area contributed by atoms with Crippen LogP contribution in [0.3, 0.4) is 0 Å². The number of nitrogens with one attached hydrogen (secondary N) is 1. The first kappa shape index (κ1) is 16.3. The zero-order chi connectivity index (χ0) is 16.8. The molecule has 0 amide bonds. The second-order valence-electron chi connectivity index (χ2n) is 5.04. The molecule has 0 fully saturated rings. The maximum atomic E-state index is 5.72. The summed E-state index contributed by atoms with van der Waals surface area (Å²) in [4.78, 5) is 0. The van der Waals surface area contributed by atoms with Crippen LogP contribution in [0.25, 0.3) is 10.9 Å². The van der Waals surface area contributed by atoms with Crippen molar-refractivity contribution in [1.82, 2.24) is 15.4 Å². The van der Waals surface area contributed by atoms with Crippen LogP contribution < -0.4 is 14.8 Å². The van der Waals surface area contributed by atoms with Crippen LogP contribution in [-0.4, -0.2) is 35.0 Å². The summed E-state index contributed by atoms with van der Waals surface area (Å²) in [6.45, 7) is 0.513. The summed E-state index contributed by atoms with van der Waals surface area (Å²) < 4.78 is 11.1. The van der Waals surface area contributed by atoms with E-state index in [0.29, 0.717) is 35.3 Å². The van der Waals surface area contributed by atoms with Gasteiger partial charge in [-0.2, -0.15) is 0 Å². The van der Waals surface area contributed by atoms with Crippen LogP contribution in [0.1, 0.15) is 6.42 Å². The van der Waals surface area contributed by atoms with E-state index < -0.39 is 0 Å². The molecule has 0 aliphatic rings. The van der Waals surface area contributed by atoms with Crippen molar-refractivity contribution in [3.05, 3.63) is 42.5 Å². The lowest BCUT2D eigenvalue weighted by Gasteiger charge is -2.13. The lowest BCUT2D eigenvalue weighted by Crippen LogP contribution is -2.02. The number of nitrogens with zero attached hydrogens (tertiary/aromatic N) is 3. The number of ether oxygens (including phenoxy) is 2. The zero-order valence-corrected chi connectivity index (χ0v) is 14.0. The Labute approximate surface area is 144 Å². The van der Waals surface area contributed by atoms with Crippen LogP contribution in [0.4, 0.5) is 11.5 Å². The molecule has 3 rings (SSSR count). The Morgan fingerprint density at radius 2 is 1.92 bits per heavy atom. The van der Waals surface area contributed by atoms with Gasteiger partial charge in [-0.15, -0.1) is 21.8 Å². The maximum Gasteiger partial charge on any atom is 0.164 e. The van der Waals surface area contributed by atoms with Crippen molar-refractivity contribution >= 4 is 34.0 Å². The number of anilines is 2. The van der Waals surface area contributed by atoms with Crippen molar-refractivity contribution in [2.24, 2.45) is 0 Å². The summed E-state index contributed by atoms with van der Waals surface area (Å²) in [5.41, 5.74) is 1.59. The average molecular weight is 345 g/mol. The van der Waals surface area contributed by atoms with Gasteiger partial charge in [0.25, 0.3) is 0 Å². The van der Waals surface area contributed by atoms with Gasteiger partial charge in [-0.1, -0.05) is 18.2 Å². The van der Waals surface area contributed by atoms with Gasteiger partial charge in [0, 0.05) is 17.6 Å². The first-order valence-electron chi connectivity index (χ1n) is 7.54. The Balaban J connectivity index is 1.97. The molecule has 0 saturated carbocycles. The first-order valence-corrected chi connectivity index (χ1v) is 8.07. The smallest absolute Gasteiger partial charge is 0.164 e. The van der Waals surface area contributed by atoms with E-state index in [0.717, 1.165) is 17.5 Å². The van der Waals surface area contributed by atoms with Gasteiger partial charge in [0.1, 0.15) is 5.52 Å². The SMILES string of the molecule is COc1cc2c(Nc3ccccc3)nnnc2cc1OCCCCl. The van der Waals surface area contributed by atoms with Gasteiger partial charge >= 0.3 is 0 Å². The molecule has 0 radical (unpaired) electrons. The number of fused-ring (bicyclic) bond motifs is 1. The normalized spacial score (nSPS) is 10.6. The Bertz CT molecular complexity index is 814. The third-order valence-electron chi connectivity index (χ3n) is 3.41. The summed E-state index contributed by atoms with van der Waals surface area (Å²) in [5.74, 6) is 2.38. The predicted octanol–water partition coefficient (Wildman–Crippen LogP) is 3.78. The highest BCUT2D eigenvalue weighted by molar-refractivity contribution is 6.17. The van der Waals surface area contributed by atoms with Crippen LogP contribution in [0.15, 0.2) is 42.5 Å². The molecule has 1 heterocycles. The molecule has 7 heteroatoms. The Morgan fingerprint density at radius 3 is 2.67 bits per heavy atom. The van der Waals surface area contributed by atoms with Crippen molar-refractivity contribution in [3.8, 4) is 11.5 Å². The Morgan fingerprint density at radius 1 is 1.08 bits per heavy atom. The molecule has 24 heavy (non-hydrogen) atoms. The molecule has 3 aromatic rings. The zero-order valence-electron chi connectivity index (χ0n) is 13.2. The number of halogens is 1. The van der Waals surface area contributed by atoms with Crippen molar-refractivity contribution < 1.29 is 9.47 Å². The number of hydrogen-bond acceptors (Lipinski definition) is 6. The fourth-order valence-corrected chi connectivity index (χ4v) is 2.36. The molecule has 0 atom stereocenters. The van der Waals surface area contributed by atoms with Crippen LogP contribution in [0.5, 0.6) is 11.5 Å². The minimum absolute atomic E-state index is 0.513.